The number of benzene rings is 2. The highest BCUT2D eigenvalue weighted by molar-refractivity contribution is 6.02. The fourth-order valence-corrected chi connectivity index (χ4v) is 3.11. The van der Waals surface area contributed by atoms with Crippen LogP contribution in [0.25, 0.3) is 10.9 Å². The Morgan fingerprint density at radius 3 is 2.54 bits per heavy atom. The van der Waals surface area contributed by atoms with E-state index in [1.807, 2.05) is 31.2 Å². The Bertz CT molecular complexity index is 1060. The molecule has 2 aromatic carbocycles. The minimum absolute atomic E-state index is 0.159. The van der Waals surface area contributed by atoms with Gasteiger partial charge in [0, 0.05) is 46.9 Å². The second-order valence-corrected chi connectivity index (χ2v) is 6.37. The lowest BCUT2D eigenvalue weighted by atomic mass is 10.1. The summed E-state index contributed by atoms with van der Waals surface area (Å²) in [5.74, 6) is -0.481. The first kappa shape index (κ1) is 19.1. The number of hydrogen-bond donors (Lipinski definition) is 2. The van der Waals surface area contributed by atoms with E-state index in [2.05, 4.69) is 33.1 Å². The molecule has 142 valence electrons. The molecular weight excluding hydrogens is 352 g/mol. The maximum atomic E-state index is 12.3. The third-order valence-electron chi connectivity index (χ3n) is 4.42. The van der Waals surface area contributed by atoms with Crippen LogP contribution in [0.4, 0.5) is 5.69 Å². The number of para-hydroxylation sites is 1. The summed E-state index contributed by atoms with van der Waals surface area (Å²) in [6.07, 6.45) is 3.52. The summed E-state index contributed by atoms with van der Waals surface area (Å²) < 4.78 is 2.16. The molecule has 3 rings (SSSR count). The second-order valence-electron chi connectivity index (χ2n) is 6.37. The number of amides is 2. The maximum Gasteiger partial charge on any atom is 0.271 e. The zero-order valence-electron chi connectivity index (χ0n) is 15.9. The standard InChI is InChI=1S/C22H22N4O2/c1-4-13-26-15(2)20(19-7-5-6-8-21(19)26)14-23-25-22(28)17-9-11-18(12-10-17)24-16(3)27/h4-12,14H,1,13H2,2-3H3,(H,24,27)(H,25,28)/b23-14-. The molecule has 0 aliphatic rings. The van der Waals surface area contributed by atoms with Gasteiger partial charge in [0.1, 0.15) is 0 Å². The first-order valence-electron chi connectivity index (χ1n) is 8.91. The van der Waals surface area contributed by atoms with E-state index in [-0.39, 0.29) is 11.8 Å². The molecule has 6 nitrogen and oxygen atoms in total. The quantitative estimate of drug-likeness (QED) is 0.391. The fraction of sp³-hybridized carbons (Fsp3) is 0.136. The summed E-state index contributed by atoms with van der Waals surface area (Å²) in [4.78, 5) is 23.3. The number of nitrogens with one attached hydrogen (secondary N) is 2. The van der Waals surface area contributed by atoms with Crippen LogP contribution in [-0.2, 0) is 11.3 Å². The first-order valence-corrected chi connectivity index (χ1v) is 8.91. The lowest BCUT2D eigenvalue weighted by molar-refractivity contribution is -0.114. The van der Waals surface area contributed by atoms with Gasteiger partial charge in [-0.2, -0.15) is 5.10 Å². The van der Waals surface area contributed by atoms with Crippen LogP contribution in [0, 0.1) is 6.92 Å². The zero-order valence-corrected chi connectivity index (χ0v) is 15.9. The number of carbonyl (C=O) groups excluding carboxylic acids is 2. The normalized spacial score (nSPS) is 10.9. The van der Waals surface area contributed by atoms with E-state index < -0.39 is 0 Å². The molecule has 1 aromatic heterocycles. The lowest BCUT2D eigenvalue weighted by Crippen LogP contribution is -2.17. The molecule has 28 heavy (non-hydrogen) atoms. The molecule has 0 aliphatic heterocycles. The van der Waals surface area contributed by atoms with Gasteiger partial charge < -0.3 is 9.88 Å². The Labute approximate surface area is 163 Å². The zero-order chi connectivity index (χ0) is 20.1. The van der Waals surface area contributed by atoms with Crippen molar-refractivity contribution in [2.24, 2.45) is 5.10 Å². The van der Waals surface area contributed by atoms with E-state index in [0.717, 1.165) is 22.2 Å². The SMILES string of the molecule is C=CCn1c(C)c(/C=N\NC(=O)c2ccc(NC(C)=O)cc2)c2ccccc21. The van der Waals surface area contributed by atoms with Gasteiger partial charge in [0.15, 0.2) is 0 Å². The number of allylic oxidation sites excluding steroid dienone is 1. The number of nitrogens with zero attached hydrogens (tertiary/aromatic N) is 2. The van der Waals surface area contributed by atoms with Crippen molar-refractivity contribution in [2.75, 3.05) is 5.32 Å². The topological polar surface area (TPSA) is 75.5 Å². The van der Waals surface area contributed by atoms with Crippen LogP contribution >= 0.6 is 0 Å². The van der Waals surface area contributed by atoms with Gasteiger partial charge in [0.25, 0.3) is 5.91 Å². The third-order valence-corrected chi connectivity index (χ3v) is 4.42. The fourth-order valence-electron chi connectivity index (χ4n) is 3.11. The van der Waals surface area contributed by atoms with E-state index in [0.29, 0.717) is 17.8 Å². The lowest BCUT2D eigenvalue weighted by Gasteiger charge is -2.04. The Morgan fingerprint density at radius 2 is 1.86 bits per heavy atom. The van der Waals surface area contributed by atoms with Crippen LogP contribution in [0.5, 0.6) is 0 Å². The Hall–Kier alpha value is -3.67. The predicted molar refractivity (Wildman–Crippen MR) is 113 cm³/mol. The van der Waals surface area contributed by atoms with Crippen LogP contribution < -0.4 is 10.7 Å². The van der Waals surface area contributed by atoms with Crippen molar-refractivity contribution in [2.45, 2.75) is 20.4 Å². The summed E-state index contributed by atoms with van der Waals surface area (Å²) in [6.45, 7) is 7.98. The van der Waals surface area contributed by atoms with Gasteiger partial charge in [-0.25, -0.2) is 5.43 Å². The van der Waals surface area contributed by atoms with E-state index >= 15 is 0 Å². The van der Waals surface area contributed by atoms with Crippen molar-refractivity contribution in [1.82, 2.24) is 9.99 Å². The largest absolute Gasteiger partial charge is 0.340 e. The van der Waals surface area contributed by atoms with Gasteiger partial charge >= 0.3 is 0 Å². The number of anilines is 1. The number of rotatable bonds is 6. The minimum atomic E-state index is -0.321. The highest BCUT2D eigenvalue weighted by Gasteiger charge is 2.11. The van der Waals surface area contributed by atoms with E-state index in [1.165, 1.54) is 6.92 Å². The molecule has 0 radical (unpaired) electrons. The van der Waals surface area contributed by atoms with Crippen LogP contribution in [0.3, 0.4) is 0 Å². The van der Waals surface area contributed by atoms with Crippen molar-refractivity contribution in [3.05, 3.63) is 78.0 Å². The average Bonchev–Trinajstić information content (AvgIpc) is 2.94. The molecule has 2 amide bonds. The highest BCUT2D eigenvalue weighted by Crippen LogP contribution is 2.24. The van der Waals surface area contributed by atoms with Crippen LogP contribution in [0.15, 0.2) is 66.3 Å². The number of carbonyl (C=O) groups is 2. The molecule has 1 heterocycles. The van der Waals surface area contributed by atoms with Crippen LogP contribution in [-0.4, -0.2) is 22.6 Å². The molecule has 2 N–H and O–H groups in total. The number of hydrogen-bond acceptors (Lipinski definition) is 3. The van der Waals surface area contributed by atoms with Crippen LogP contribution in [0.1, 0.15) is 28.5 Å². The summed E-state index contributed by atoms with van der Waals surface area (Å²) in [7, 11) is 0. The number of fused-ring (bicyclic) bond motifs is 1. The molecule has 3 aromatic rings. The molecular formula is C22H22N4O2. The van der Waals surface area contributed by atoms with Crippen molar-refractivity contribution in [3.63, 3.8) is 0 Å². The second kappa shape index (κ2) is 8.35. The number of hydrazone groups is 1. The van der Waals surface area contributed by atoms with Gasteiger partial charge in [-0.3, -0.25) is 9.59 Å². The molecule has 0 aliphatic carbocycles. The Balaban J connectivity index is 1.77. The van der Waals surface area contributed by atoms with Gasteiger partial charge in [-0.1, -0.05) is 24.3 Å². The molecule has 0 saturated heterocycles. The number of aromatic nitrogens is 1. The predicted octanol–water partition coefficient (Wildman–Crippen LogP) is 3.86. The Morgan fingerprint density at radius 1 is 1.14 bits per heavy atom. The molecule has 0 spiro atoms. The van der Waals surface area contributed by atoms with Crippen molar-refractivity contribution < 1.29 is 9.59 Å². The average molecular weight is 374 g/mol. The summed E-state index contributed by atoms with van der Waals surface area (Å²) in [5, 5.41) is 7.87. The van der Waals surface area contributed by atoms with Crippen molar-refractivity contribution in [1.29, 1.82) is 0 Å². The minimum Gasteiger partial charge on any atom is -0.340 e. The van der Waals surface area contributed by atoms with Gasteiger partial charge in [-0.05, 0) is 37.3 Å². The maximum absolute atomic E-state index is 12.3. The van der Waals surface area contributed by atoms with Crippen LogP contribution in [0.2, 0.25) is 0 Å². The van der Waals surface area contributed by atoms with Gasteiger partial charge in [0.2, 0.25) is 5.91 Å². The third kappa shape index (κ3) is 4.01. The molecule has 0 atom stereocenters. The molecule has 6 heteroatoms. The summed E-state index contributed by atoms with van der Waals surface area (Å²) in [5.41, 5.74) is 6.76. The smallest absolute Gasteiger partial charge is 0.271 e. The van der Waals surface area contributed by atoms with E-state index in [1.54, 1.807) is 30.5 Å². The van der Waals surface area contributed by atoms with E-state index in [9.17, 15) is 9.59 Å². The highest BCUT2D eigenvalue weighted by atomic mass is 16.2. The molecule has 0 fully saturated rings. The van der Waals surface area contributed by atoms with Crippen molar-refractivity contribution in [3.8, 4) is 0 Å². The molecule has 0 bridgehead atoms. The van der Waals surface area contributed by atoms with Gasteiger partial charge in [0.05, 0.1) is 6.21 Å². The molecule has 0 unspecified atom stereocenters. The van der Waals surface area contributed by atoms with E-state index in [4.69, 9.17) is 0 Å². The monoisotopic (exact) mass is 374 g/mol. The summed E-state index contributed by atoms with van der Waals surface area (Å²) >= 11 is 0. The van der Waals surface area contributed by atoms with Gasteiger partial charge in [-0.15, -0.1) is 6.58 Å². The van der Waals surface area contributed by atoms with Crippen molar-refractivity contribution >= 4 is 34.6 Å². The Kier molecular flexibility index (Phi) is 5.69. The molecule has 0 saturated carbocycles. The summed E-state index contributed by atoms with van der Waals surface area (Å²) in [6, 6.07) is 14.7. The first-order chi connectivity index (χ1) is 13.5.